The average Bonchev–Trinajstić information content (AvgIpc) is 2.81. The van der Waals surface area contributed by atoms with Gasteiger partial charge in [0.15, 0.2) is 5.78 Å². The molecule has 1 heterocycles. The highest BCUT2D eigenvalue weighted by Gasteiger charge is 2.18. The van der Waals surface area contributed by atoms with Gasteiger partial charge in [0, 0.05) is 18.3 Å². The van der Waals surface area contributed by atoms with Crippen LogP contribution in [0.2, 0.25) is 0 Å². The van der Waals surface area contributed by atoms with Gasteiger partial charge in [0.1, 0.15) is 11.5 Å². The third-order valence-corrected chi connectivity index (χ3v) is 5.16. The fraction of sp³-hybridized carbons (Fsp3) is 0.154. The highest BCUT2D eigenvalue weighted by atomic mass is 16.5. The third-order valence-electron chi connectivity index (χ3n) is 5.16. The summed E-state index contributed by atoms with van der Waals surface area (Å²) in [5.74, 6) is 0.934. The third kappa shape index (κ3) is 4.21. The molecule has 0 atom stereocenters. The number of nitrogens with zero attached hydrogens (tertiary/aromatic N) is 1. The monoisotopic (exact) mass is 413 g/mol. The van der Waals surface area contributed by atoms with E-state index in [4.69, 9.17) is 9.47 Å². The van der Waals surface area contributed by atoms with Crippen LogP contribution in [-0.2, 0) is 6.54 Å². The molecular formula is C26H23NO4. The van der Waals surface area contributed by atoms with Crippen molar-refractivity contribution in [2.45, 2.75) is 13.5 Å². The zero-order valence-electron chi connectivity index (χ0n) is 17.5. The Hall–Kier alpha value is -3.86. The van der Waals surface area contributed by atoms with Gasteiger partial charge in [0.25, 0.3) is 0 Å². The normalized spacial score (nSPS) is 10.8. The SMILES string of the molecule is CCOc1ccc2c(c1)c(=O)c(C(=O)c1ccc(OC)cc1)cn2Cc1ccccc1. The number of carbonyl (C=O) groups is 1. The molecule has 5 heteroatoms. The van der Waals surface area contributed by atoms with E-state index in [0.29, 0.717) is 35.6 Å². The number of rotatable bonds is 7. The van der Waals surface area contributed by atoms with E-state index in [2.05, 4.69) is 0 Å². The molecule has 4 rings (SSSR count). The first kappa shape index (κ1) is 20.4. The molecule has 0 amide bonds. The van der Waals surface area contributed by atoms with Crippen molar-refractivity contribution in [1.82, 2.24) is 4.57 Å². The van der Waals surface area contributed by atoms with E-state index in [0.717, 1.165) is 11.1 Å². The summed E-state index contributed by atoms with van der Waals surface area (Å²) >= 11 is 0. The highest BCUT2D eigenvalue weighted by molar-refractivity contribution is 6.10. The minimum Gasteiger partial charge on any atom is -0.497 e. The number of benzene rings is 3. The number of hydrogen-bond donors (Lipinski definition) is 0. The minimum atomic E-state index is -0.321. The van der Waals surface area contributed by atoms with Crippen molar-refractivity contribution in [3.8, 4) is 11.5 Å². The molecule has 0 unspecified atom stereocenters. The molecule has 0 spiro atoms. The van der Waals surface area contributed by atoms with E-state index < -0.39 is 0 Å². The van der Waals surface area contributed by atoms with Gasteiger partial charge in [-0.25, -0.2) is 0 Å². The van der Waals surface area contributed by atoms with Gasteiger partial charge in [0.2, 0.25) is 5.43 Å². The maximum Gasteiger partial charge on any atom is 0.200 e. The quantitative estimate of drug-likeness (QED) is 0.413. The van der Waals surface area contributed by atoms with Crippen LogP contribution in [-0.4, -0.2) is 24.1 Å². The average molecular weight is 413 g/mol. The first-order valence-corrected chi connectivity index (χ1v) is 10.1. The first-order valence-electron chi connectivity index (χ1n) is 10.1. The second-order valence-corrected chi connectivity index (χ2v) is 7.15. The van der Waals surface area contributed by atoms with Gasteiger partial charge in [-0.1, -0.05) is 30.3 Å². The number of fused-ring (bicyclic) bond motifs is 1. The summed E-state index contributed by atoms with van der Waals surface area (Å²) in [5, 5.41) is 0.459. The van der Waals surface area contributed by atoms with Crippen LogP contribution < -0.4 is 14.9 Å². The largest absolute Gasteiger partial charge is 0.497 e. The molecule has 4 aromatic rings. The van der Waals surface area contributed by atoms with Crippen LogP contribution >= 0.6 is 0 Å². The van der Waals surface area contributed by atoms with E-state index in [1.165, 1.54) is 0 Å². The number of ketones is 1. The second-order valence-electron chi connectivity index (χ2n) is 7.15. The Balaban J connectivity index is 1.87. The molecule has 0 saturated heterocycles. The Morgan fingerprint density at radius 2 is 1.65 bits per heavy atom. The van der Waals surface area contributed by atoms with Crippen molar-refractivity contribution >= 4 is 16.7 Å². The maximum atomic E-state index is 13.3. The number of methoxy groups -OCH3 is 1. The molecule has 5 nitrogen and oxygen atoms in total. The number of aromatic nitrogens is 1. The fourth-order valence-corrected chi connectivity index (χ4v) is 3.60. The summed E-state index contributed by atoms with van der Waals surface area (Å²) in [6.45, 7) is 2.92. The summed E-state index contributed by atoms with van der Waals surface area (Å²) in [7, 11) is 1.57. The van der Waals surface area contributed by atoms with Gasteiger partial charge in [-0.15, -0.1) is 0 Å². The van der Waals surface area contributed by atoms with Crippen LogP contribution in [0.4, 0.5) is 0 Å². The summed E-state index contributed by atoms with van der Waals surface area (Å²) < 4.78 is 12.7. The van der Waals surface area contributed by atoms with Gasteiger partial charge in [-0.05, 0) is 55.0 Å². The van der Waals surface area contributed by atoms with Crippen LogP contribution in [0.5, 0.6) is 11.5 Å². The molecule has 0 N–H and O–H groups in total. The van der Waals surface area contributed by atoms with Crippen LogP contribution in [0.1, 0.15) is 28.4 Å². The Labute approximate surface area is 180 Å². The van der Waals surface area contributed by atoms with E-state index in [1.807, 2.05) is 54.0 Å². The van der Waals surface area contributed by atoms with Crippen molar-refractivity contribution < 1.29 is 14.3 Å². The molecule has 156 valence electrons. The van der Waals surface area contributed by atoms with Crippen molar-refractivity contribution in [1.29, 1.82) is 0 Å². The molecule has 0 saturated carbocycles. The van der Waals surface area contributed by atoms with Crippen molar-refractivity contribution in [2.75, 3.05) is 13.7 Å². The molecule has 0 radical (unpaired) electrons. The molecule has 31 heavy (non-hydrogen) atoms. The molecule has 0 bridgehead atoms. The predicted molar refractivity (Wildman–Crippen MR) is 121 cm³/mol. The topological polar surface area (TPSA) is 57.5 Å². The van der Waals surface area contributed by atoms with Gasteiger partial charge < -0.3 is 14.0 Å². The van der Waals surface area contributed by atoms with Crippen LogP contribution in [0.3, 0.4) is 0 Å². The van der Waals surface area contributed by atoms with Crippen LogP contribution in [0.15, 0.2) is 83.8 Å². The van der Waals surface area contributed by atoms with Crippen LogP contribution in [0, 0.1) is 0 Å². The summed E-state index contributed by atoms with van der Waals surface area (Å²) in [5.41, 5.74) is 2.08. The number of ether oxygens (including phenoxy) is 2. The standard InChI is InChI=1S/C26H23NO4/c1-3-31-21-13-14-24-22(15-21)26(29)23(17-27(24)16-18-7-5-4-6-8-18)25(28)19-9-11-20(30-2)12-10-19/h4-15,17H,3,16H2,1-2H3. The Morgan fingerprint density at radius 3 is 2.32 bits per heavy atom. The Morgan fingerprint density at radius 1 is 0.935 bits per heavy atom. The Kier molecular flexibility index (Phi) is 5.85. The zero-order valence-corrected chi connectivity index (χ0v) is 17.5. The first-order chi connectivity index (χ1) is 15.1. The number of pyridine rings is 1. The lowest BCUT2D eigenvalue weighted by Crippen LogP contribution is -2.20. The summed E-state index contributed by atoms with van der Waals surface area (Å²) in [6.07, 6.45) is 1.66. The van der Waals surface area contributed by atoms with Gasteiger partial charge >= 0.3 is 0 Å². The molecule has 0 aliphatic carbocycles. The van der Waals surface area contributed by atoms with Gasteiger partial charge in [0.05, 0.1) is 30.2 Å². The number of hydrogen-bond acceptors (Lipinski definition) is 4. The van der Waals surface area contributed by atoms with Crippen LogP contribution in [0.25, 0.3) is 10.9 Å². The van der Waals surface area contributed by atoms with Crippen molar-refractivity contribution in [3.05, 3.63) is 106 Å². The van der Waals surface area contributed by atoms with E-state index in [-0.39, 0.29) is 16.8 Å². The zero-order chi connectivity index (χ0) is 21.8. The Bertz CT molecular complexity index is 1270. The molecule has 0 aliphatic rings. The van der Waals surface area contributed by atoms with E-state index >= 15 is 0 Å². The van der Waals surface area contributed by atoms with E-state index in [1.54, 1.807) is 43.6 Å². The minimum absolute atomic E-state index is 0.127. The lowest BCUT2D eigenvalue weighted by atomic mass is 10.0. The molecule has 1 aromatic heterocycles. The molecule has 0 aliphatic heterocycles. The maximum absolute atomic E-state index is 13.3. The van der Waals surface area contributed by atoms with Crippen molar-refractivity contribution in [2.24, 2.45) is 0 Å². The lowest BCUT2D eigenvalue weighted by Gasteiger charge is -2.15. The van der Waals surface area contributed by atoms with E-state index in [9.17, 15) is 9.59 Å². The molecule has 0 fully saturated rings. The summed E-state index contributed by atoms with van der Waals surface area (Å²) in [4.78, 5) is 26.6. The smallest absolute Gasteiger partial charge is 0.200 e. The fourth-order valence-electron chi connectivity index (χ4n) is 3.60. The highest BCUT2D eigenvalue weighted by Crippen LogP contribution is 2.22. The van der Waals surface area contributed by atoms with Gasteiger partial charge in [-0.2, -0.15) is 0 Å². The number of carbonyl (C=O) groups excluding carboxylic acids is 1. The molecular weight excluding hydrogens is 390 g/mol. The lowest BCUT2D eigenvalue weighted by molar-refractivity contribution is 0.103. The molecule has 3 aromatic carbocycles. The summed E-state index contributed by atoms with van der Waals surface area (Å²) in [6, 6.07) is 22.1. The van der Waals surface area contributed by atoms with Gasteiger partial charge in [-0.3, -0.25) is 9.59 Å². The van der Waals surface area contributed by atoms with Crippen molar-refractivity contribution in [3.63, 3.8) is 0 Å². The second kappa shape index (κ2) is 8.88. The predicted octanol–water partition coefficient (Wildman–Crippen LogP) is 4.69.